The van der Waals surface area contributed by atoms with Crippen LogP contribution in [0.1, 0.15) is 27.2 Å². The highest BCUT2D eigenvalue weighted by atomic mass is 79.9. The standard InChI is InChI=1S/C15H17BrFNO4/c1-15(2,3)22-14(20)21-12-5-4-9(8-11(12)17)18-7-6-10(16)13(18)19/h4-5,8,10H,6-7H2,1-3H3. The van der Waals surface area contributed by atoms with Crippen LogP contribution in [0, 0.1) is 5.82 Å². The van der Waals surface area contributed by atoms with Crippen molar-refractivity contribution in [3.05, 3.63) is 24.0 Å². The molecule has 1 saturated heterocycles. The molecule has 1 atom stereocenters. The van der Waals surface area contributed by atoms with Crippen molar-refractivity contribution in [1.29, 1.82) is 0 Å². The van der Waals surface area contributed by atoms with E-state index in [1.54, 1.807) is 20.8 Å². The normalized spacial score (nSPS) is 18.5. The largest absolute Gasteiger partial charge is 0.514 e. The molecule has 2 rings (SSSR count). The molecule has 0 N–H and O–H groups in total. The van der Waals surface area contributed by atoms with E-state index >= 15 is 0 Å². The van der Waals surface area contributed by atoms with Gasteiger partial charge in [-0.05, 0) is 39.3 Å². The molecule has 1 heterocycles. The Bertz CT molecular complexity index is 600. The van der Waals surface area contributed by atoms with E-state index in [9.17, 15) is 14.0 Å². The van der Waals surface area contributed by atoms with Gasteiger partial charge in [0.2, 0.25) is 5.91 Å². The van der Waals surface area contributed by atoms with E-state index < -0.39 is 17.6 Å². The van der Waals surface area contributed by atoms with Crippen LogP contribution in [0.25, 0.3) is 0 Å². The highest BCUT2D eigenvalue weighted by Gasteiger charge is 2.31. The summed E-state index contributed by atoms with van der Waals surface area (Å²) in [6.45, 7) is 5.57. The third-order valence-electron chi connectivity index (χ3n) is 2.95. The van der Waals surface area contributed by atoms with Crippen molar-refractivity contribution in [2.75, 3.05) is 11.4 Å². The molecule has 1 aromatic rings. The van der Waals surface area contributed by atoms with Crippen LogP contribution >= 0.6 is 15.9 Å². The number of ether oxygens (including phenoxy) is 2. The lowest BCUT2D eigenvalue weighted by molar-refractivity contribution is -0.116. The number of hydrogen-bond acceptors (Lipinski definition) is 4. The molecule has 7 heteroatoms. The molecule has 1 aliphatic heterocycles. The molecule has 1 unspecified atom stereocenters. The van der Waals surface area contributed by atoms with Gasteiger partial charge in [0.15, 0.2) is 11.6 Å². The van der Waals surface area contributed by atoms with Gasteiger partial charge in [0, 0.05) is 18.3 Å². The summed E-state index contributed by atoms with van der Waals surface area (Å²) in [7, 11) is 0. The second-order valence-corrected chi connectivity index (χ2v) is 7.03. The second kappa shape index (κ2) is 6.24. The first-order valence-electron chi connectivity index (χ1n) is 6.83. The SMILES string of the molecule is CC(C)(C)OC(=O)Oc1ccc(N2CCC(Br)C2=O)cc1F. The molecule has 5 nitrogen and oxygen atoms in total. The van der Waals surface area contributed by atoms with Crippen molar-refractivity contribution in [2.24, 2.45) is 0 Å². The van der Waals surface area contributed by atoms with Crippen molar-refractivity contribution in [2.45, 2.75) is 37.6 Å². The Balaban J connectivity index is 2.10. The van der Waals surface area contributed by atoms with E-state index in [4.69, 9.17) is 9.47 Å². The van der Waals surface area contributed by atoms with Crippen molar-refractivity contribution in [1.82, 2.24) is 0 Å². The molecule has 0 aliphatic carbocycles. The van der Waals surface area contributed by atoms with E-state index in [1.807, 2.05) is 0 Å². The summed E-state index contributed by atoms with van der Waals surface area (Å²) in [4.78, 5) is 24.7. The van der Waals surface area contributed by atoms with E-state index in [2.05, 4.69) is 15.9 Å². The highest BCUT2D eigenvalue weighted by molar-refractivity contribution is 9.10. The lowest BCUT2D eigenvalue weighted by atomic mass is 10.2. The number of hydrogen-bond donors (Lipinski definition) is 0. The summed E-state index contributed by atoms with van der Waals surface area (Å²) in [5.41, 5.74) is -0.290. The fraction of sp³-hybridized carbons (Fsp3) is 0.467. The van der Waals surface area contributed by atoms with Gasteiger partial charge in [0.25, 0.3) is 0 Å². The maximum Gasteiger partial charge on any atom is 0.514 e. The first-order chi connectivity index (χ1) is 10.2. The molecule has 0 spiro atoms. The average Bonchev–Trinajstić information content (AvgIpc) is 2.70. The number of carbonyl (C=O) groups excluding carboxylic acids is 2. The van der Waals surface area contributed by atoms with E-state index in [1.165, 1.54) is 23.1 Å². The lowest BCUT2D eigenvalue weighted by Gasteiger charge is -2.19. The zero-order valence-corrected chi connectivity index (χ0v) is 14.1. The predicted octanol–water partition coefficient (Wildman–Crippen LogP) is 3.64. The van der Waals surface area contributed by atoms with Gasteiger partial charge in [-0.15, -0.1) is 0 Å². The summed E-state index contributed by atoms with van der Waals surface area (Å²) in [5.74, 6) is -1.07. The Morgan fingerprint density at radius 3 is 2.59 bits per heavy atom. The smallest absolute Gasteiger partial charge is 0.428 e. The number of alkyl halides is 1. The summed E-state index contributed by atoms with van der Waals surface area (Å²) >= 11 is 3.26. The van der Waals surface area contributed by atoms with E-state index in [-0.39, 0.29) is 16.5 Å². The molecule has 120 valence electrons. The van der Waals surface area contributed by atoms with Crippen molar-refractivity contribution >= 4 is 33.7 Å². The number of halogens is 2. The summed E-state index contributed by atoms with van der Waals surface area (Å²) < 4.78 is 23.8. The molecular weight excluding hydrogens is 357 g/mol. The predicted molar refractivity (Wildman–Crippen MR) is 82.9 cm³/mol. The quantitative estimate of drug-likeness (QED) is 0.451. The minimum absolute atomic E-state index is 0.111. The van der Waals surface area contributed by atoms with Crippen LogP contribution in [0.5, 0.6) is 5.75 Å². The van der Waals surface area contributed by atoms with Crippen LogP contribution in [-0.2, 0) is 9.53 Å². The number of amides is 1. The molecule has 0 aromatic heterocycles. The molecule has 22 heavy (non-hydrogen) atoms. The summed E-state index contributed by atoms with van der Waals surface area (Å²) in [6.07, 6.45) is -0.312. The van der Waals surface area contributed by atoms with E-state index in [0.29, 0.717) is 18.7 Å². The average molecular weight is 374 g/mol. The Hall–Kier alpha value is -1.63. The van der Waals surface area contributed by atoms with E-state index in [0.717, 1.165) is 0 Å². The maximum absolute atomic E-state index is 14.0. The highest BCUT2D eigenvalue weighted by Crippen LogP contribution is 2.29. The summed E-state index contributed by atoms with van der Waals surface area (Å²) in [5, 5.41) is 0. The first kappa shape index (κ1) is 16.7. The Morgan fingerprint density at radius 2 is 2.09 bits per heavy atom. The Kier molecular flexibility index (Phi) is 4.75. The van der Waals surface area contributed by atoms with Gasteiger partial charge in [0.05, 0.1) is 4.83 Å². The second-order valence-electron chi connectivity index (χ2n) is 5.93. The molecule has 0 saturated carbocycles. The van der Waals surface area contributed by atoms with Crippen LogP contribution in [0.4, 0.5) is 14.9 Å². The number of carbonyl (C=O) groups is 2. The molecule has 0 radical (unpaired) electrons. The van der Waals surface area contributed by atoms with Crippen LogP contribution in [-0.4, -0.2) is 29.0 Å². The third kappa shape index (κ3) is 3.97. The zero-order chi connectivity index (χ0) is 16.5. The third-order valence-corrected chi connectivity index (χ3v) is 3.80. The molecule has 1 amide bonds. The molecule has 0 bridgehead atoms. The number of benzene rings is 1. The topological polar surface area (TPSA) is 55.8 Å². The molecular formula is C15H17BrFNO4. The van der Waals surface area contributed by atoms with Crippen LogP contribution in [0.15, 0.2) is 18.2 Å². The van der Waals surface area contributed by atoms with Gasteiger partial charge in [-0.1, -0.05) is 15.9 Å². The zero-order valence-electron chi connectivity index (χ0n) is 12.6. The van der Waals surface area contributed by atoms with Crippen molar-refractivity contribution in [3.63, 3.8) is 0 Å². The van der Waals surface area contributed by atoms with Gasteiger partial charge in [-0.3, -0.25) is 4.79 Å². The van der Waals surface area contributed by atoms with Crippen LogP contribution < -0.4 is 9.64 Å². The monoisotopic (exact) mass is 373 g/mol. The lowest BCUT2D eigenvalue weighted by Crippen LogP contribution is -2.27. The van der Waals surface area contributed by atoms with Gasteiger partial charge < -0.3 is 14.4 Å². The maximum atomic E-state index is 14.0. The van der Waals surface area contributed by atoms with Gasteiger partial charge >= 0.3 is 6.16 Å². The fourth-order valence-electron chi connectivity index (χ4n) is 2.00. The molecule has 1 aliphatic rings. The number of nitrogens with zero attached hydrogens (tertiary/aromatic N) is 1. The van der Waals surface area contributed by atoms with Gasteiger partial charge in [-0.25, -0.2) is 9.18 Å². The minimum Gasteiger partial charge on any atom is -0.428 e. The number of anilines is 1. The summed E-state index contributed by atoms with van der Waals surface area (Å²) in [6, 6.07) is 4.01. The van der Waals surface area contributed by atoms with Crippen LogP contribution in [0.2, 0.25) is 0 Å². The molecule has 1 aromatic carbocycles. The first-order valence-corrected chi connectivity index (χ1v) is 7.75. The fourth-order valence-corrected chi connectivity index (χ4v) is 2.45. The number of rotatable bonds is 2. The Labute approximate surface area is 136 Å². The minimum atomic E-state index is -0.975. The van der Waals surface area contributed by atoms with Crippen molar-refractivity contribution in [3.8, 4) is 5.75 Å². The van der Waals surface area contributed by atoms with Gasteiger partial charge in [-0.2, -0.15) is 0 Å². The Morgan fingerprint density at radius 1 is 1.41 bits per heavy atom. The van der Waals surface area contributed by atoms with Crippen LogP contribution in [0.3, 0.4) is 0 Å². The van der Waals surface area contributed by atoms with Gasteiger partial charge in [0.1, 0.15) is 5.60 Å². The van der Waals surface area contributed by atoms with Crippen molar-refractivity contribution < 1.29 is 23.5 Å². The molecule has 1 fully saturated rings.